The highest BCUT2D eigenvalue weighted by molar-refractivity contribution is 5.17. The number of hydrogen-bond acceptors (Lipinski definition) is 0. The van der Waals surface area contributed by atoms with Gasteiger partial charge in [-0.15, -0.1) is 0 Å². The molecule has 60 valence electrons. The third-order valence-electron chi connectivity index (χ3n) is 1.34. The van der Waals surface area contributed by atoms with E-state index >= 15 is 0 Å². The Kier molecular flexibility index (Phi) is 2.52. The molecule has 0 saturated heterocycles. The quantitative estimate of drug-likeness (QED) is 0.623. The maximum Gasteiger partial charge on any atom is 0.273 e. The highest BCUT2D eigenvalue weighted by Crippen LogP contribution is 2.23. The maximum atomic E-state index is 12.5. The van der Waals surface area contributed by atoms with Gasteiger partial charge in [0.2, 0.25) is 0 Å². The molecule has 0 aliphatic rings. The Labute approximate surface area is 62.7 Å². The van der Waals surface area contributed by atoms with Gasteiger partial charge in [0.25, 0.3) is 6.43 Å². The molecule has 0 fully saturated rings. The molecule has 1 aromatic rings. The fourth-order valence-electron chi connectivity index (χ4n) is 0.782. The van der Waals surface area contributed by atoms with Crippen LogP contribution in [0.3, 0.4) is 0 Å². The fourth-order valence-corrected chi connectivity index (χ4v) is 0.782. The van der Waals surface area contributed by atoms with Gasteiger partial charge in [0.15, 0.2) is 6.17 Å². The number of benzene rings is 1. The minimum Gasteiger partial charge on any atom is -0.236 e. The van der Waals surface area contributed by atoms with Crippen molar-refractivity contribution in [2.45, 2.75) is 12.6 Å². The van der Waals surface area contributed by atoms with Crippen LogP contribution in [0.1, 0.15) is 11.7 Å². The lowest BCUT2D eigenvalue weighted by Crippen LogP contribution is -2.02. The first kappa shape index (κ1) is 8.11. The summed E-state index contributed by atoms with van der Waals surface area (Å²) in [5.74, 6) is 0. The van der Waals surface area contributed by atoms with E-state index in [1.54, 1.807) is 6.07 Å². The van der Waals surface area contributed by atoms with Crippen molar-refractivity contribution in [3.05, 3.63) is 35.9 Å². The largest absolute Gasteiger partial charge is 0.273 e. The number of halogens is 3. The minimum atomic E-state index is -2.93. The summed E-state index contributed by atoms with van der Waals surface area (Å²) >= 11 is 0. The lowest BCUT2D eigenvalue weighted by Gasteiger charge is -2.05. The van der Waals surface area contributed by atoms with Crippen molar-refractivity contribution in [2.24, 2.45) is 0 Å². The van der Waals surface area contributed by atoms with Crippen molar-refractivity contribution in [1.82, 2.24) is 0 Å². The van der Waals surface area contributed by atoms with E-state index in [1.807, 2.05) is 0 Å². The minimum absolute atomic E-state index is 0.0301. The average molecular weight is 160 g/mol. The molecule has 0 aliphatic carbocycles. The van der Waals surface area contributed by atoms with Crippen LogP contribution in [0, 0.1) is 0 Å². The van der Waals surface area contributed by atoms with Gasteiger partial charge >= 0.3 is 0 Å². The molecule has 0 N–H and O–H groups in total. The van der Waals surface area contributed by atoms with E-state index in [9.17, 15) is 13.2 Å². The van der Waals surface area contributed by atoms with Crippen LogP contribution in [0.2, 0.25) is 0 Å². The van der Waals surface area contributed by atoms with Gasteiger partial charge in [-0.2, -0.15) is 0 Å². The predicted octanol–water partition coefficient (Wildman–Crippen LogP) is 2.96. The molecule has 1 rings (SSSR count). The SMILES string of the molecule is FC(F)C(F)c1ccccc1. The second-order valence-electron chi connectivity index (χ2n) is 2.15. The third kappa shape index (κ3) is 1.97. The van der Waals surface area contributed by atoms with E-state index in [2.05, 4.69) is 0 Å². The van der Waals surface area contributed by atoms with Crippen molar-refractivity contribution >= 4 is 0 Å². The summed E-state index contributed by atoms with van der Waals surface area (Å²) in [6.45, 7) is 0. The molecule has 0 amide bonds. The van der Waals surface area contributed by atoms with Gasteiger partial charge in [-0.05, 0) is 5.56 Å². The van der Waals surface area contributed by atoms with Gasteiger partial charge in [0.1, 0.15) is 0 Å². The molecule has 0 radical (unpaired) electrons. The highest BCUT2D eigenvalue weighted by Gasteiger charge is 2.20. The van der Waals surface area contributed by atoms with E-state index in [-0.39, 0.29) is 5.56 Å². The van der Waals surface area contributed by atoms with Crippen LogP contribution in [0.25, 0.3) is 0 Å². The van der Waals surface area contributed by atoms with Crippen LogP contribution in [0.5, 0.6) is 0 Å². The lowest BCUT2D eigenvalue weighted by atomic mass is 10.1. The molecule has 1 unspecified atom stereocenters. The van der Waals surface area contributed by atoms with E-state index < -0.39 is 12.6 Å². The van der Waals surface area contributed by atoms with Crippen LogP contribution < -0.4 is 0 Å². The molecule has 0 aromatic heterocycles. The maximum absolute atomic E-state index is 12.5. The summed E-state index contributed by atoms with van der Waals surface area (Å²) in [6.07, 6.45) is -5.09. The Morgan fingerprint density at radius 2 is 1.45 bits per heavy atom. The van der Waals surface area contributed by atoms with E-state index in [0.717, 1.165) is 0 Å². The van der Waals surface area contributed by atoms with Gasteiger partial charge in [-0.1, -0.05) is 30.3 Å². The van der Waals surface area contributed by atoms with Gasteiger partial charge in [0.05, 0.1) is 0 Å². The average Bonchev–Trinajstić information content (AvgIpc) is 2.05. The van der Waals surface area contributed by atoms with E-state index in [0.29, 0.717) is 0 Å². The molecular formula is C8H7F3. The van der Waals surface area contributed by atoms with Crippen LogP contribution in [0.15, 0.2) is 30.3 Å². The second kappa shape index (κ2) is 3.42. The monoisotopic (exact) mass is 160 g/mol. The van der Waals surface area contributed by atoms with E-state index in [4.69, 9.17) is 0 Å². The summed E-state index contributed by atoms with van der Waals surface area (Å²) in [4.78, 5) is 0. The van der Waals surface area contributed by atoms with Gasteiger partial charge < -0.3 is 0 Å². The molecule has 0 saturated carbocycles. The van der Waals surface area contributed by atoms with Crippen molar-refractivity contribution < 1.29 is 13.2 Å². The Hall–Kier alpha value is -0.990. The first-order valence-corrected chi connectivity index (χ1v) is 3.19. The fraction of sp³-hybridized carbons (Fsp3) is 0.250. The molecule has 11 heavy (non-hydrogen) atoms. The zero-order valence-corrected chi connectivity index (χ0v) is 5.68. The number of hydrogen-bond donors (Lipinski definition) is 0. The second-order valence-corrected chi connectivity index (χ2v) is 2.15. The van der Waals surface area contributed by atoms with Crippen LogP contribution in [0.4, 0.5) is 13.2 Å². The predicted molar refractivity (Wildman–Crippen MR) is 36.3 cm³/mol. The van der Waals surface area contributed by atoms with Gasteiger partial charge in [-0.3, -0.25) is 0 Å². The first-order chi connectivity index (χ1) is 5.22. The number of alkyl halides is 3. The van der Waals surface area contributed by atoms with Crippen molar-refractivity contribution in [2.75, 3.05) is 0 Å². The Morgan fingerprint density at radius 3 is 1.91 bits per heavy atom. The summed E-state index contributed by atoms with van der Waals surface area (Å²) in [5, 5.41) is 0. The van der Waals surface area contributed by atoms with Crippen LogP contribution in [-0.4, -0.2) is 6.43 Å². The Morgan fingerprint density at radius 1 is 0.909 bits per heavy atom. The standard InChI is InChI=1S/C8H7F3/c9-7(8(10)11)6-4-2-1-3-5-6/h1-5,7-8H. The molecule has 1 aromatic carbocycles. The van der Waals surface area contributed by atoms with Crippen molar-refractivity contribution in [1.29, 1.82) is 0 Å². The number of rotatable bonds is 2. The molecule has 0 nitrogen and oxygen atoms in total. The lowest BCUT2D eigenvalue weighted by molar-refractivity contribution is 0.0496. The molecule has 0 spiro atoms. The van der Waals surface area contributed by atoms with Crippen molar-refractivity contribution in [3.63, 3.8) is 0 Å². The van der Waals surface area contributed by atoms with Gasteiger partial charge in [-0.25, -0.2) is 13.2 Å². The highest BCUT2D eigenvalue weighted by atomic mass is 19.3. The summed E-state index contributed by atoms with van der Waals surface area (Å²) in [7, 11) is 0. The summed E-state index contributed by atoms with van der Waals surface area (Å²) < 4.78 is 36.0. The summed E-state index contributed by atoms with van der Waals surface area (Å²) in [5.41, 5.74) is 0.0301. The van der Waals surface area contributed by atoms with Crippen molar-refractivity contribution in [3.8, 4) is 0 Å². The molecule has 1 atom stereocenters. The molecular weight excluding hydrogens is 153 g/mol. The zero-order chi connectivity index (χ0) is 8.27. The Balaban J connectivity index is 2.77. The summed E-state index contributed by atoms with van der Waals surface area (Å²) in [6, 6.07) is 7.41. The smallest absolute Gasteiger partial charge is 0.236 e. The Bertz CT molecular complexity index is 208. The molecule has 0 heterocycles. The van der Waals surface area contributed by atoms with Crippen LogP contribution >= 0.6 is 0 Å². The molecule has 3 heteroatoms. The van der Waals surface area contributed by atoms with Crippen LogP contribution in [-0.2, 0) is 0 Å². The van der Waals surface area contributed by atoms with E-state index in [1.165, 1.54) is 24.3 Å². The first-order valence-electron chi connectivity index (χ1n) is 3.19. The molecule has 0 aliphatic heterocycles. The molecule has 0 bridgehead atoms. The zero-order valence-electron chi connectivity index (χ0n) is 5.68. The van der Waals surface area contributed by atoms with Gasteiger partial charge in [0, 0.05) is 0 Å². The normalized spacial score (nSPS) is 13.5. The topological polar surface area (TPSA) is 0 Å². The third-order valence-corrected chi connectivity index (χ3v) is 1.34.